The van der Waals surface area contributed by atoms with Crippen LogP contribution in [0.3, 0.4) is 0 Å². The van der Waals surface area contributed by atoms with Crippen LogP contribution in [0.2, 0.25) is 0 Å². The van der Waals surface area contributed by atoms with Gasteiger partial charge in [-0.15, -0.1) is 0 Å². The second kappa shape index (κ2) is 5.65. The second-order valence-electron chi connectivity index (χ2n) is 4.13. The fourth-order valence-electron chi connectivity index (χ4n) is 1.36. The van der Waals surface area contributed by atoms with Crippen molar-refractivity contribution < 1.29 is 4.79 Å². The molecule has 1 aromatic heterocycles. The largest absolute Gasteiger partial charge is 0.355 e. The maximum Gasteiger partial charge on any atom is 0.224 e. The number of amides is 1. The van der Waals surface area contributed by atoms with E-state index in [1.54, 1.807) is 10.9 Å². The molecule has 0 saturated heterocycles. The maximum atomic E-state index is 11.6. The van der Waals surface area contributed by atoms with Crippen molar-refractivity contribution in [1.29, 1.82) is 0 Å². The highest BCUT2D eigenvalue weighted by Gasteiger charge is 2.16. The van der Waals surface area contributed by atoms with Crippen LogP contribution in [-0.2, 0) is 18.3 Å². The summed E-state index contributed by atoms with van der Waals surface area (Å²) < 4.78 is 1.81. The molecule has 2 atom stereocenters. The standard InChI is InChI=1S/C11H20N4O/c1-8(9(2)12)11(16)13-6-4-10-5-7-14-15(10)3/h5,7-9H,4,6,12H2,1-3H3,(H,13,16). The molecule has 0 bridgehead atoms. The summed E-state index contributed by atoms with van der Waals surface area (Å²) in [5, 5.41) is 6.93. The third-order valence-corrected chi connectivity index (χ3v) is 2.81. The summed E-state index contributed by atoms with van der Waals surface area (Å²) in [6.07, 6.45) is 2.54. The van der Waals surface area contributed by atoms with Crippen molar-refractivity contribution in [3.63, 3.8) is 0 Å². The van der Waals surface area contributed by atoms with Gasteiger partial charge in [0.15, 0.2) is 0 Å². The van der Waals surface area contributed by atoms with Crippen molar-refractivity contribution in [3.8, 4) is 0 Å². The second-order valence-corrected chi connectivity index (χ2v) is 4.13. The molecule has 1 rings (SSSR count). The summed E-state index contributed by atoms with van der Waals surface area (Å²) in [4.78, 5) is 11.6. The first-order chi connectivity index (χ1) is 7.52. The predicted molar refractivity (Wildman–Crippen MR) is 62.7 cm³/mol. The molecular formula is C11H20N4O. The van der Waals surface area contributed by atoms with E-state index < -0.39 is 0 Å². The van der Waals surface area contributed by atoms with Gasteiger partial charge in [0, 0.05) is 43.9 Å². The molecule has 0 aromatic carbocycles. The van der Waals surface area contributed by atoms with E-state index in [-0.39, 0.29) is 17.9 Å². The molecule has 5 nitrogen and oxygen atoms in total. The molecule has 1 amide bonds. The molecule has 0 fully saturated rings. The van der Waals surface area contributed by atoms with Gasteiger partial charge in [0.2, 0.25) is 5.91 Å². The normalized spacial score (nSPS) is 14.5. The van der Waals surface area contributed by atoms with Crippen LogP contribution in [0, 0.1) is 5.92 Å². The number of nitrogens with zero attached hydrogens (tertiary/aromatic N) is 2. The molecule has 0 spiro atoms. The molecule has 0 radical (unpaired) electrons. The molecule has 90 valence electrons. The Labute approximate surface area is 96.0 Å². The Bertz CT molecular complexity index is 346. The molecule has 3 N–H and O–H groups in total. The van der Waals surface area contributed by atoms with E-state index in [9.17, 15) is 4.79 Å². The Kier molecular flexibility index (Phi) is 4.49. The summed E-state index contributed by atoms with van der Waals surface area (Å²) in [7, 11) is 1.89. The highest BCUT2D eigenvalue weighted by molar-refractivity contribution is 5.78. The van der Waals surface area contributed by atoms with E-state index in [1.165, 1.54) is 0 Å². The monoisotopic (exact) mass is 224 g/mol. The van der Waals surface area contributed by atoms with Gasteiger partial charge in [-0.1, -0.05) is 6.92 Å². The highest BCUT2D eigenvalue weighted by atomic mass is 16.1. The van der Waals surface area contributed by atoms with Crippen molar-refractivity contribution in [3.05, 3.63) is 18.0 Å². The Morgan fingerprint density at radius 2 is 2.31 bits per heavy atom. The third-order valence-electron chi connectivity index (χ3n) is 2.81. The quantitative estimate of drug-likeness (QED) is 0.743. The van der Waals surface area contributed by atoms with Gasteiger partial charge in [-0.25, -0.2) is 0 Å². The van der Waals surface area contributed by atoms with E-state index in [1.807, 2.05) is 27.0 Å². The van der Waals surface area contributed by atoms with Crippen molar-refractivity contribution in [1.82, 2.24) is 15.1 Å². The average Bonchev–Trinajstić information content (AvgIpc) is 2.63. The predicted octanol–water partition coefficient (Wildman–Crippen LogP) is 0.0621. The number of aryl methyl sites for hydroxylation is 1. The number of nitrogens with two attached hydrogens (primary N) is 1. The fourth-order valence-corrected chi connectivity index (χ4v) is 1.36. The van der Waals surface area contributed by atoms with Gasteiger partial charge in [-0.3, -0.25) is 9.48 Å². The van der Waals surface area contributed by atoms with Crippen LogP contribution in [-0.4, -0.2) is 28.3 Å². The summed E-state index contributed by atoms with van der Waals surface area (Å²) >= 11 is 0. The van der Waals surface area contributed by atoms with E-state index >= 15 is 0 Å². The zero-order valence-electron chi connectivity index (χ0n) is 10.1. The molecule has 1 heterocycles. The summed E-state index contributed by atoms with van der Waals surface area (Å²) in [6.45, 7) is 4.30. The number of hydrogen-bond acceptors (Lipinski definition) is 3. The Morgan fingerprint density at radius 1 is 1.62 bits per heavy atom. The van der Waals surface area contributed by atoms with Gasteiger partial charge >= 0.3 is 0 Å². The van der Waals surface area contributed by atoms with E-state index in [4.69, 9.17) is 5.73 Å². The molecule has 5 heteroatoms. The number of hydrogen-bond donors (Lipinski definition) is 2. The molecular weight excluding hydrogens is 204 g/mol. The van der Waals surface area contributed by atoms with E-state index in [2.05, 4.69) is 10.4 Å². The van der Waals surface area contributed by atoms with Gasteiger partial charge in [-0.2, -0.15) is 5.10 Å². The first-order valence-electron chi connectivity index (χ1n) is 5.52. The van der Waals surface area contributed by atoms with Crippen LogP contribution in [0.15, 0.2) is 12.3 Å². The highest BCUT2D eigenvalue weighted by Crippen LogP contribution is 2.00. The first kappa shape index (κ1) is 12.7. The summed E-state index contributed by atoms with van der Waals surface area (Å²) in [5.74, 6) is -0.135. The summed E-state index contributed by atoms with van der Waals surface area (Å²) in [5.41, 5.74) is 6.76. The van der Waals surface area contributed by atoms with Gasteiger partial charge in [0.1, 0.15) is 0 Å². The van der Waals surface area contributed by atoms with Crippen molar-refractivity contribution in [2.45, 2.75) is 26.3 Å². The molecule has 0 aliphatic carbocycles. The van der Waals surface area contributed by atoms with Crippen LogP contribution < -0.4 is 11.1 Å². The zero-order chi connectivity index (χ0) is 12.1. The van der Waals surface area contributed by atoms with Crippen molar-refractivity contribution in [2.75, 3.05) is 6.54 Å². The van der Waals surface area contributed by atoms with Crippen LogP contribution >= 0.6 is 0 Å². The van der Waals surface area contributed by atoms with Gasteiger partial charge in [0.05, 0.1) is 0 Å². The van der Waals surface area contributed by atoms with E-state index in [0.29, 0.717) is 6.54 Å². The number of rotatable bonds is 5. The van der Waals surface area contributed by atoms with Gasteiger partial charge < -0.3 is 11.1 Å². The lowest BCUT2D eigenvalue weighted by atomic mass is 10.0. The molecule has 1 aromatic rings. The maximum absolute atomic E-state index is 11.6. The molecule has 0 saturated carbocycles. The molecule has 0 aliphatic rings. The third kappa shape index (κ3) is 3.34. The van der Waals surface area contributed by atoms with E-state index in [0.717, 1.165) is 12.1 Å². The van der Waals surface area contributed by atoms with Crippen LogP contribution in [0.1, 0.15) is 19.5 Å². The van der Waals surface area contributed by atoms with Crippen molar-refractivity contribution >= 4 is 5.91 Å². The minimum Gasteiger partial charge on any atom is -0.355 e. The minimum atomic E-state index is -0.147. The first-order valence-corrected chi connectivity index (χ1v) is 5.52. The lowest BCUT2D eigenvalue weighted by Gasteiger charge is -2.15. The number of carbonyl (C=O) groups excluding carboxylic acids is 1. The zero-order valence-corrected chi connectivity index (χ0v) is 10.1. The Hall–Kier alpha value is -1.36. The fraction of sp³-hybridized carbons (Fsp3) is 0.636. The SMILES string of the molecule is CC(N)C(C)C(=O)NCCc1ccnn1C. The minimum absolute atomic E-state index is 0.0113. The average molecular weight is 224 g/mol. The smallest absolute Gasteiger partial charge is 0.224 e. The Morgan fingerprint density at radius 3 is 2.81 bits per heavy atom. The molecule has 0 aliphatic heterocycles. The number of carbonyl (C=O) groups is 1. The molecule has 16 heavy (non-hydrogen) atoms. The Balaban J connectivity index is 2.31. The number of aromatic nitrogens is 2. The number of nitrogens with one attached hydrogen (secondary N) is 1. The van der Waals surface area contributed by atoms with Crippen LogP contribution in [0.4, 0.5) is 0 Å². The van der Waals surface area contributed by atoms with Crippen molar-refractivity contribution in [2.24, 2.45) is 18.7 Å². The summed E-state index contributed by atoms with van der Waals surface area (Å²) in [6, 6.07) is 1.83. The van der Waals surface area contributed by atoms with Gasteiger partial charge in [-0.05, 0) is 13.0 Å². The van der Waals surface area contributed by atoms with Gasteiger partial charge in [0.25, 0.3) is 0 Å². The van der Waals surface area contributed by atoms with Crippen LogP contribution in [0.5, 0.6) is 0 Å². The molecule has 2 unspecified atom stereocenters. The lowest BCUT2D eigenvalue weighted by molar-refractivity contribution is -0.124. The lowest BCUT2D eigenvalue weighted by Crippen LogP contribution is -2.39. The topological polar surface area (TPSA) is 72.9 Å². The van der Waals surface area contributed by atoms with Crippen LogP contribution in [0.25, 0.3) is 0 Å².